The number of ether oxygens (including phenoxy) is 1. The van der Waals surface area contributed by atoms with Crippen molar-refractivity contribution in [1.82, 2.24) is 16.2 Å². The molecule has 9 nitrogen and oxygen atoms in total. The van der Waals surface area contributed by atoms with E-state index >= 15 is 0 Å². The zero-order valence-electron chi connectivity index (χ0n) is 21.0. The number of amides is 3. The first-order valence-electron chi connectivity index (χ1n) is 12.4. The molecule has 0 heterocycles. The van der Waals surface area contributed by atoms with Gasteiger partial charge in [-0.2, -0.15) is 0 Å². The Hall–Kier alpha value is -3.79. The average molecular weight is 527 g/mol. The largest absolute Gasteiger partial charge is 0.466 e. The van der Waals surface area contributed by atoms with Crippen LogP contribution in [-0.4, -0.2) is 35.4 Å². The lowest BCUT2D eigenvalue weighted by Gasteiger charge is -2.11. The fourth-order valence-corrected chi connectivity index (χ4v) is 3.41. The van der Waals surface area contributed by atoms with E-state index in [9.17, 15) is 19.2 Å². The second-order valence-corrected chi connectivity index (χ2v) is 8.76. The molecule has 0 radical (unpaired) electrons. The van der Waals surface area contributed by atoms with Crippen LogP contribution in [0.3, 0.4) is 0 Å². The van der Waals surface area contributed by atoms with E-state index in [0.717, 1.165) is 25.7 Å². The molecule has 3 amide bonds. The van der Waals surface area contributed by atoms with Crippen molar-refractivity contribution < 1.29 is 23.9 Å². The number of esters is 1. The molecule has 0 aliphatic heterocycles. The van der Waals surface area contributed by atoms with Crippen LogP contribution in [0.1, 0.15) is 67.8 Å². The number of nitrogens with one attached hydrogen (secondary N) is 4. The van der Waals surface area contributed by atoms with E-state index in [0.29, 0.717) is 30.7 Å². The minimum Gasteiger partial charge on any atom is -0.466 e. The molecule has 0 aliphatic rings. The fourth-order valence-electron chi connectivity index (χ4n) is 3.24. The van der Waals surface area contributed by atoms with E-state index in [4.69, 9.17) is 17.0 Å². The van der Waals surface area contributed by atoms with Crippen molar-refractivity contribution in [3.05, 3.63) is 65.7 Å². The monoisotopic (exact) mass is 526 g/mol. The predicted molar refractivity (Wildman–Crippen MR) is 146 cm³/mol. The molecular formula is C27H34N4O5S. The molecule has 0 saturated carbocycles. The smallest absolute Gasteiger partial charge is 0.305 e. The second kappa shape index (κ2) is 16.8. The third kappa shape index (κ3) is 12.6. The van der Waals surface area contributed by atoms with Crippen molar-refractivity contribution in [1.29, 1.82) is 0 Å². The number of anilines is 1. The Labute approximate surface area is 222 Å². The van der Waals surface area contributed by atoms with E-state index in [1.165, 1.54) is 5.56 Å². The molecule has 37 heavy (non-hydrogen) atoms. The quantitative estimate of drug-likeness (QED) is 0.135. The van der Waals surface area contributed by atoms with Crippen LogP contribution in [0.4, 0.5) is 5.69 Å². The van der Waals surface area contributed by atoms with Gasteiger partial charge < -0.3 is 15.4 Å². The molecule has 0 spiro atoms. The Morgan fingerprint density at radius 2 is 1.51 bits per heavy atom. The lowest BCUT2D eigenvalue weighted by atomic mass is 10.1. The highest BCUT2D eigenvalue weighted by atomic mass is 32.1. The molecule has 0 saturated heterocycles. The summed E-state index contributed by atoms with van der Waals surface area (Å²) in [5.74, 6) is -1.26. The Kier molecular flexibility index (Phi) is 13.4. The van der Waals surface area contributed by atoms with Gasteiger partial charge in [-0.05, 0) is 67.7 Å². The molecule has 198 valence electrons. The molecule has 0 unspecified atom stereocenters. The number of carbonyl (C=O) groups is 4. The normalized spacial score (nSPS) is 10.2. The van der Waals surface area contributed by atoms with Crippen molar-refractivity contribution in [2.45, 2.75) is 58.3 Å². The third-order valence-corrected chi connectivity index (χ3v) is 5.44. The van der Waals surface area contributed by atoms with E-state index < -0.39 is 5.91 Å². The number of hydrogen-bond donors (Lipinski definition) is 4. The average Bonchev–Trinajstić information content (AvgIpc) is 2.89. The van der Waals surface area contributed by atoms with E-state index in [1.54, 1.807) is 24.3 Å². The SMILES string of the molecule is CCCCC(=O)Nc1ccc(C(=O)NNC(=S)NC(=O)CCCC(=O)OCCCc2ccccc2)cc1. The molecule has 0 aliphatic carbocycles. The maximum atomic E-state index is 12.3. The minimum atomic E-state index is -0.463. The molecule has 2 aromatic carbocycles. The van der Waals surface area contributed by atoms with Crippen molar-refractivity contribution in [2.75, 3.05) is 11.9 Å². The summed E-state index contributed by atoms with van der Waals surface area (Å²) >= 11 is 5.02. The Bertz CT molecular complexity index is 1040. The summed E-state index contributed by atoms with van der Waals surface area (Å²) in [5, 5.41) is 5.15. The molecule has 2 rings (SSSR count). The van der Waals surface area contributed by atoms with Crippen LogP contribution in [-0.2, 0) is 25.5 Å². The van der Waals surface area contributed by atoms with Crippen LogP contribution < -0.4 is 21.5 Å². The van der Waals surface area contributed by atoms with Gasteiger partial charge in [-0.1, -0.05) is 43.7 Å². The van der Waals surface area contributed by atoms with Crippen LogP contribution in [0.25, 0.3) is 0 Å². The van der Waals surface area contributed by atoms with Gasteiger partial charge in [-0.15, -0.1) is 0 Å². The Morgan fingerprint density at radius 3 is 2.22 bits per heavy atom. The molecule has 4 N–H and O–H groups in total. The van der Waals surface area contributed by atoms with Gasteiger partial charge >= 0.3 is 5.97 Å². The van der Waals surface area contributed by atoms with Gasteiger partial charge in [-0.25, -0.2) is 0 Å². The number of thiocarbonyl (C=S) groups is 1. The van der Waals surface area contributed by atoms with Crippen LogP contribution in [0.15, 0.2) is 54.6 Å². The lowest BCUT2D eigenvalue weighted by molar-refractivity contribution is -0.143. The van der Waals surface area contributed by atoms with Crippen LogP contribution in [0.5, 0.6) is 0 Å². The Morgan fingerprint density at radius 1 is 0.811 bits per heavy atom. The van der Waals surface area contributed by atoms with Crippen molar-refractivity contribution >= 4 is 46.7 Å². The zero-order valence-corrected chi connectivity index (χ0v) is 21.8. The highest BCUT2D eigenvalue weighted by molar-refractivity contribution is 7.80. The molecule has 10 heteroatoms. The maximum absolute atomic E-state index is 12.3. The fraction of sp³-hybridized carbons (Fsp3) is 0.370. The second-order valence-electron chi connectivity index (χ2n) is 8.35. The first-order valence-corrected chi connectivity index (χ1v) is 12.8. The van der Waals surface area contributed by atoms with Crippen LogP contribution in [0.2, 0.25) is 0 Å². The summed E-state index contributed by atoms with van der Waals surface area (Å²) in [6.07, 6.45) is 4.31. The van der Waals surface area contributed by atoms with Gasteiger partial charge in [0.2, 0.25) is 11.8 Å². The zero-order chi connectivity index (χ0) is 26.9. The molecule has 0 aromatic heterocycles. The molecule has 0 fully saturated rings. The highest BCUT2D eigenvalue weighted by Crippen LogP contribution is 2.10. The van der Waals surface area contributed by atoms with E-state index in [2.05, 4.69) is 21.5 Å². The van der Waals surface area contributed by atoms with Gasteiger partial charge in [0.05, 0.1) is 6.61 Å². The first-order chi connectivity index (χ1) is 17.9. The van der Waals surface area contributed by atoms with Crippen molar-refractivity contribution in [2.24, 2.45) is 0 Å². The highest BCUT2D eigenvalue weighted by Gasteiger charge is 2.10. The summed E-state index contributed by atoms with van der Waals surface area (Å²) < 4.78 is 5.20. The third-order valence-electron chi connectivity index (χ3n) is 5.23. The number of hydrogen-bond acceptors (Lipinski definition) is 6. The minimum absolute atomic E-state index is 0.0679. The number of hydrazine groups is 1. The number of aryl methyl sites for hydroxylation is 1. The standard InChI is InChI=1S/C27H34N4O5S/c1-2-3-12-23(32)28-22-17-15-21(16-18-22)26(35)30-31-27(37)29-24(33)13-7-14-25(34)36-19-8-11-20-9-5-4-6-10-20/h4-6,9-10,15-18H,2-3,7-8,11-14,19H2,1H3,(H,28,32)(H,30,35)(H2,29,31,33,37). The molecule has 0 bridgehead atoms. The maximum Gasteiger partial charge on any atom is 0.305 e. The van der Waals surface area contributed by atoms with Gasteiger partial charge in [0.1, 0.15) is 0 Å². The summed E-state index contributed by atoms with van der Waals surface area (Å²) in [6.45, 7) is 2.35. The van der Waals surface area contributed by atoms with E-state index in [1.807, 2.05) is 37.3 Å². The topological polar surface area (TPSA) is 126 Å². The summed E-state index contributed by atoms with van der Waals surface area (Å²) in [4.78, 5) is 47.9. The van der Waals surface area contributed by atoms with Crippen molar-refractivity contribution in [3.63, 3.8) is 0 Å². The number of carbonyl (C=O) groups excluding carboxylic acids is 4. The van der Waals surface area contributed by atoms with Crippen molar-refractivity contribution in [3.8, 4) is 0 Å². The summed E-state index contributed by atoms with van der Waals surface area (Å²) in [5.41, 5.74) is 7.00. The first kappa shape index (κ1) is 29.4. The van der Waals surface area contributed by atoms with Crippen LogP contribution in [0, 0.1) is 0 Å². The predicted octanol–water partition coefficient (Wildman–Crippen LogP) is 3.80. The molecule has 2 aromatic rings. The molecular weight excluding hydrogens is 492 g/mol. The summed E-state index contributed by atoms with van der Waals surface area (Å²) in [7, 11) is 0. The Balaban J connectivity index is 1.57. The van der Waals surface area contributed by atoms with Gasteiger partial charge in [-0.3, -0.25) is 30.0 Å². The lowest BCUT2D eigenvalue weighted by Crippen LogP contribution is -2.48. The number of unbranched alkanes of at least 4 members (excludes halogenated alkanes) is 1. The molecule has 0 atom stereocenters. The number of rotatable bonds is 13. The van der Waals surface area contributed by atoms with E-state index in [-0.39, 0.29) is 35.7 Å². The van der Waals surface area contributed by atoms with Gasteiger partial charge in [0, 0.05) is 30.5 Å². The van der Waals surface area contributed by atoms with Crippen LogP contribution >= 0.6 is 12.2 Å². The van der Waals surface area contributed by atoms with Gasteiger partial charge in [0.25, 0.3) is 5.91 Å². The number of benzene rings is 2. The summed E-state index contributed by atoms with van der Waals surface area (Å²) in [6, 6.07) is 16.3. The van der Waals surface area contributed by atoms with Gasteiger partial charge in [0.15, 0.2) is 5.11 Å².